The van der Waals surface area contributed by atoms with Crippen molar-refractivity contribution < 1.29 is 15.0 Å². The fourth-order valence-electron chi connectivity index (χ4n) is 0.928. The molecule has 0 aliphatic heterocycles. The summed E-state index contributed by atoms with van der Waals surface area (Å²) in [6.07, 6.45) is 0. The van der Waals surface area contributed by atoms with Crippen LogP contribution in [0.25, 0.3) is 10.4 Å². The van der Waals surface area contributed by atoms with Gasteiger partial charge in [-0.15, -0.1) is 0 Å². The Balaban J connectivity index is 2.99. The highest BCUT2D eigenvalue weighted by molar-refractivity contribution is 6.00. The number of ketones is 1. The second kappa shape index (κ2) is 4.15. The van der Waals surface area contributed by atoms with E-state index in [2.05, 4.69) is 10.0 Å². The molecular weight excluding hydrogens is 186 g/mol. The lowest BCUT2D eigenvalue weighted by Gasteiger charge is -2.01. The molecule has 0 saturated heterocycles. The predicted molar refractivity (Wildman–Crippen MR) is 48.1 cm³/mol. The first kappa shape index (κ1) is 9.88. The fraction of sp³-hybridized carbons (Fsp3) is 0.125. The Morgan fingerprint density at radius 2 is 2.21 bits per heavy atom. The van der Waals surface area contributed by atoms with E-state index in [-0.39, 0.29) is 23.6 Å². The lowest BCUT2D eigenvalue weighted by molar-refractivity contribution is 0.0998. The quantitative estimate of drug-likeness (QED) is 0.250. The molecule has 6 nitrogen and oxygen atoms in total. The number of carbonyl (C=O) groups excluding carboxylic acids is 1. The molecule has 0 unspecified atom stereocenters. The number of nitrogens with zero attached hydrogens (tertiary/aromatic N) is 3. The van der Waals surface area contributed by atoms with Crippen molar-refractivity contribution in [3.8, 4) is 11.5 Å². The molecule has 0 bridgehead atoms. The van der Waals surface area contributed by atoms with Gasteiger partial charge in [-0.1, -0.05) is 5.11 Å². The van der Waals surface area contributed by atoms with Gasteiger partial charge in [0, 0.05) is 4.91 Å². The van der Waals surface area contributed by atoms with Crippen molar-refractivity contribution in [2.24, 2.45) is 5.11 Å². The van der Waals surface area contributed by atoms with Crippen LogP contribution in [0.2, 0.25) is 0 Å². The molecule has 1 aromatic carbocycles. The predicted octanol–water partition coefficient (Wildman–Crippen LogP) is 1.59. The maximum absolute atomic E-state index is 11.2. The molecule has 14 heavy (non-hydrogen) atoms. The monoisotopic (exact) mass is 193 g/mol. The van der Waals surface area contributed by atoms with Crippen LogP contribution in [-0.2, 0) is 0 Å². The summed E-state index contributed by atoms with van der Waals surface area (Å²) in [4.78, 5) is 13.7. The van der Waals surface area contributed by atoms with Gasteiger partial charge >= 0.3 is 0 Å². The van der Waals surface area contributed by atoms with Gasteiger partial charge in [0.05, 0.1) is 12.1 Å². The van der Waals surface area contributed by atoms with E-state index in [0.29, 0.717) is 0 Å². The molecule has 2 N–H and O–H groups in total. The molecule has 1 rings (SSSR count). The van der Waals surface area contributed by atoms with Crippen molar-refractivity contribution in [2.45, 2.75) is 0 Å². The zero-order valence-electron chi connectivity index (χ0n) is 7.08. The van der Waals surface area contributed by atoms with Crippen LogP contribution in [0.1, 0.15) is 10.4 Å². The summed E-state index contributed by atoms with van der Waals surface area (Å²) in [6.45, 7) is -0.381. The number of rotatable bonds is 3. The van der Waals surface area contributed by atoms with E-state index in [4.69, 9.17) is 10.6 Å². The van der Waals surface area contributed by atoms with E-state index in [1.807, 2.05) is 0 Å². The van der Waals surface area contributed by atoms with Gasteiger partial charge in [0.15, 0.2) is 5.78 Å². The van der Waals surface area contributed by atoms with Crippen molar-refractivity contribution >= 4 is 5.78 Å². The molecule has 0 saturated carbocycles. The van der Waals surface area contributed by atoms with Crippen molar-refractivity contribution in [2.75, 3.05) is 6.54 Å². The molecule has 0 aliphatic carbocycles. The summed E-state index contributed by atoms with van der Waals surface area (Å²) >= 11 is 0. The standard InChI is InChI=1S/C8H7N3O3/c9-11-10-4-8(14)6-3-5(12)1-2-7(6)13/h1-3,12-13H,4H2. The lowest BCUT2D eigenvalue weighted by atomic mass is 10.1. The molecule has 0 fully saturated rings. The number of azide groups is 1. The minimum atomic E-state index is -0.545. The topological polar surface area (TPSA) is 106 Å². The molecular formula is C8H7N3O3. The molecule has 0 atom stereocenters. The Bertz CT molecular complexity index is 410. The highest BCUT2D eigenvalue weighted by Crippen LogP contribution is 2.22. The molecule has 0 amide bonds. The minimum absolute atomic E-state index is 0.0580. The molecule has 0 spiro atoms. The molecule has 0 aliphatic rings. The first-order chi connectivity index (χ1) is 6.65. The highest BCUT2D eigenvalue weighted by Gasteiger charge is 2.10. The van der Waals surface area contributed by atoms with Gasteiger partial charge in [-0.25, -0.2) is 0 Å². The van der Waals surface area contributed by atoms with E-state index in [1.54, 1.807) is 0 Å². The Morgan fingerprint density at radius 3 is 2.86 bits per heavy atom. The molecule has 0 aromatic heterocycles. The number of Topliss-reactive ketones (excluding diaryl/α,β-unsaturated/α-hetero) is 1. The van der Waals surface area contributed by atoms with Crippen molar-refractivity contribution in [1.29, 1.82) is 0 Å². The van der Waals surface area contributed by atoms with Crippen LogP contribution in [0.15, 0.2) is 23.3 Å². The van der Waals surface area contributed by atoms with Crippen molar-refractivity contribution in [1.82, 2.24) is 0 Å². The maximum atomic E-state index is 11.2. The van der Waals surface area contributed by atoms with Gasteiger partial charge in [0.1, 0.15) is 11.5 Å². The summed E-state index contributed by atoms with van der Waals surface area (Å²) in [6, 6.07) is 3.56. The van der Waals surface area contributed by atoms with Crippen LogP contribution >= 0.6 is 0 Å². The average molecular weight is 193 g/mol. The van der Waals surface area contributed by atoms with Crippen molar-refractivity contribution in [3.63, 3.8) is 0 Å². The summed E-state index contributed by atoms with van der Waals surface area (Å²) in [7, 11) is 0. The van der Waals surface area contributed by atoms with Gasteiger partial charge < -0.3 is 10.2 Å². The molecule has 6 heteroatoms. The number of phenols is 2. The van der Waals surface area contributed by atoms with Gasteiger partial charge in [0.25, 0.3) is 0 Å². The molecule has 1 aromatic rings. The summed E-state index contributed by atoms with van der Waals surface area (Å²) in [5.41, 5.74) is 7.92. The molecule has 72 valence electrons. The third-order valence-corrected chi connectivity index (χ3v) is 1.56. The normalized spacial score (nSPS) is 9.14. The van der Waals surface area contributed by atoms with Crippen LogP contribution in [-0.4, -0.2) is 22.5 Å². The van der Waals surface area contributed by atoms with E-state index < -0.39 is 5.78 Å². The smallest absolute Gasteiger partial charge is 0.172 e. The summed E-state index contributed by atoms with van der Waals surface area (Å²) in [5.74, 6) is -0.927. The third-order valence-electron chi connectivity index (χ3n) is 1.56. The van der Waals surface area contributed by atoms with Crippen LogP contribution in [0.5, 0.6) is 11.5 Å². The zero-order chi connectivity index (χ0) is 10.6. The minimum Gasteiger partial charge on any atom is -0.508 e. The number of hydrogen-bond donors (Lipinski definition) is 2. The Hall–Kier alpha value is -2.20. The number of aromatic hydroxyl groups is 2. The number of carbonyl (C=O) groups is 1. The Kier molecular flexibility index (Phi) is 2.93. The van der Waals surface area contributed by atoms with Crippen LogP contribution in [0, 0.1) is 0 Å². The van der Waals surface area contributed by atoms with Gasteiger partial charge in [-0.2, -0.15) is 0 Å². The van der Waals surface area contributed by atoms with Gasteiger partial charge in [-0.3, -0.25) is 4.79 Å². The van der Waals surface area contributed by atoms with E-state index >= 15 is 0 Å². The Morgan fingerprint density at radius 1 is 1.50 bits per heavy atom. The number of phenolic OH excluding ortho intramolecular Hbond substituents is 2. The summed E-state index contributed by atoms with van der Waals surface area (Å²) in [5, 5.41) is 21.3. The second-order valence-corrected chi connectivity index (χ2v) is 2.51. The molecule has 0 radical (unpaired) electrons. The molecule has 0 heterocycles. The third kappa shape index (κ3) is 2.15. The SMILES string of the molecule is [N-]=[N+]=NCC(=O)c1cc(O)ccc1O. The number of benzene rings is 1. The maximum Gasteiger partial charge on any atom is 0.172 e. The van der Waals surface area contributed by atoms with Crippen LogP contribution in [0.4, 0.5) is 0 Å². The first-order valence-corrected chi connectivity index (χ1v) is 3.71. The first-order valence-electron chi connectivity index (χ1n) is 3.71. The van der Waals surface area contributed by atoms with Crippen LogP contribution in [0.3, 0.4) is 0 Å². The fourth-order valence-corrected chi connectivity index (χ4v) is 0.928. The van der Waals surface area contributed by atoms with Gasteiger partial charge in [0.2, 0.25) is 0 Å². The largest absolute Gasteiger partial charge is 0.508 e. The van der Waals surface area contributed by atoms with Gasteiger partial charge in [-0.05, 0) is 23.7 Å². The highest BCUT2D eigenvalue weighted by atomic mass is 16.3. The average Bonchev–Trinajstić information content (AvgIpc) is 2.18. The van der Waals surface area contributed by atoms with E-state index in [9.17, 15) is 9.90 Å². The van der Waals surface area contributed by atoms with Crippen LogP contribution < -0.4 is 0 Å². The second-order valence-electron chi connectivity index (χ2n) is 2.51. The van der Waals surface area contributed by atoms with Crippen molar-refractivity contribution in [3.05, 3.63) is 34.2 Å². The van der Waals surface area contributed by atoms with E-state index in [1.165, 1.54) is 12.1 Å². The Labute approximate surface area is 79.0 Å². The number of hydrogen-bond acceptors (Lipinski definition) is 4. The van der Waals surface area contributed by atoms with E-state index in [0.717, 1.165) is 6.07 Å². The zero-order valence-corrected chi connectivity index (χ0v) is 7.08. The summed E-state index contributed by atoms with van der Waals surface area (Å²) < 4.78 is 0. The lowest BCUT2D eigenvalue weighted by Crippen LogP contribution is -2.02.